The summed E-state index contributed by atoms with van der Waals surface area (Å²) in [5.41, 5.74) is 2.49. The molecule has 3 nitrogen and oxygen atoms in total. The van der Waals surface area contributed by atoms with Gasteiger partial charge in [0.15, 0.2) is 0 Å². The van der Waals surface area contributed by atoms with Gasteiger partial charge in [-0.2, -0.15) is 0 Å². The lowest BCUT2D eigenvalue weighted by atomic mass is 9.90. The van der Waals surface area contributed by atoms with E-state index in [0.717, 1.165) is 18.0 Å². The van der Waals surface area contributed by atoms with Gasteiger partial charge < -0.3 is 9.88 Å². The summed E-state index contributed by atoms with van der Waals surface area (Å²) in [5, 5.41) is 3.70. The molecule has 0 amide bonds. The molecule has 2 aliphatic rings. The van der Waals surface area contributed by atoms with Crippen molar-refractivity contribution in [2.45, 2.75) is 51.1 Å². The van der Waals surface area contributed by atoms with E-state index in [1.807, 2.05) is 0 Å². The average Bonchev–Trinajstić information content (AvgIpc) is 3.27. The molecule has 0 bridgehead atoms. The molecule has 2 aromatic rings. The SMILES string of the molecule is CCC1CCNC(c2nc3ccccc3n2C2CC2)C1. The number of rotatable bonds is 3. The lowest BCUT2D eigenvalue weighted by Crippen LogP contribution is -2.33. The molecular weight excluding hydrogens is 246 g/mol. The largest absolute Gasteiger partial charge is 0.324 e. The second kappa shape index (κ2) is 4.88. The summed E-state index contributed by atoms with van der Waals surface area (Å²) in [6.07, 6.45) is 6.49. The number of para-hydroxylation sites is 2. The average molecular weight is 269 g/mol. The second-order valence-corrected chi connectivity index (χ2v) is 6.37. The fraction of sp³-hybridized carbons (Fsp3) is 0.588. The minimum atomic E-state index is 0.446. The number of aromatic nitrogens is 2. The number of nitrogens with zero attached hydrogens (tertiary/aromatic N) is 2. The van der Waals surface area contributed by atoms with Gasteiger partial charge in [0.1, 0.15) is 5.82 Å². The fourth-order valence-corrected chi connectivity index (χ4v) is 3.59. The Bertz CT molecular complexity index is 612. The van der Waals surface area contributed by atoms with Crippen LogP contribution in [0.1, 0.15) is 56.9 Å². The molecule has 1 aliphatic carbocycles. The summed E-state index contributed by atoms with van der Waals surface area (Å²) in [6.45, 7) is 3.45. The summed E-state index contributed by atoms with van der Waals surface area (Å²) in [7, 11) is 0. The Morgan fingerprint density at radius 1 is 1.25 bits per heavy atom. The topological polar surface area (TPSA) is 29.9 Å². The van der Waals surface area contributed by atoms with Crippen LogP contribution in [0.15, 0.2) is 24.3 Å². The lowest BCUT2D eigenvalue weighted by molar-refractivity contribution is 0.287. The van der Waals surface area contributed by atoms with E-state index in [9.17, 15) is 0 Å². The first kappa shape index (κ1) is 12.4. The molecule has 1 N–H and O–H groups in total. The Morgan fingerprint density at radius 2 is 2.10 bits per heavy atom. The minimum Gasteiger partial charge on any atom is -0.324 e. The molecule has 1 aromatic heterocycles. The smallest absolute Gasteiger partial charge is 0.127 e. The third-order valence-corrected chi connectivity index (χ3v) is 4.94. The van der Waals surface area contributed by atoms with E-state index in [1.54, 1.807) is 0 Å². The van der Waals surface area contributed by atoms with Gasteiger partial charge in [-0.25, -0.2) is 4.98 Å². The number of hydrogen-bond donors (Lipinski definition) is 1. The van der Waals surface area contributed by atoms with Crippen LogP contribution in [0.25, 0.3) is 11.0 Å². The van der Waals surface area contributed by atoms with Crippen molar-refractivity contribution in [1.82, 2.24) is 14.9 Å². The molecule has 4 rings (SSSR count). The molecule has 2 atom stereocenters. The molecular formula is C17H23N3. The zero-order chi connectivity index (χ0) is 13.5. The van der Waals surface area contributed by atoms with Crippen LogP contribution in [0.5, 0.6) is 0 Å². The third kappa shape index (κ3) is 2.05. The van der Waals surface area contributed by atoms with E-state index in [1.165, 1.54) is 43.4 Å². The molecule has 106 valence electrons. The van der Waals surface area contributed by atoms with E-state index in [-0.39, 0.29) is 0 Å². The second-order valence-electron chi connectivity index (χ2n) is 6.37. The maximum Gasteiger partial charge on any atom is 0.127 e. The molecule has 1 saturated carbocycles. The summed E-state index contributed by atoms with van der Waals surface area (Å²) in [6, 6.07) is 9.75. The number of piperidine rings is 1. The third-order valence-electron chi connectivity index (χ3n) is 4.94. The highest BCUT2D eigenvalue weighted by Crippen LogP contribution is 2.41. The molecule has 1 aromatic carbocycles. The number of fused-ring (bicyclic) bond motifs is 1. The number of imidazole rings is 1. The van der Waals surface area contributed by atoms with Gasteiger partial charge in [0.25, 0.3) is 0 Å². The monoisotopic (exact) mass is 269 g/mol. The van der Waals surface area contributed by atoms with Crippen LogP contribution in [0.3, 0.4) is 0 Å². The minimum absolute atomic E-state index is 0.446. The van der Waals surface area contributed by atoms with Crippen molar-refractivity contribution >= 4 is 11.0 Å². The number of hydrogen-bond acceptors (Lipinski definition) is 2. The van der Waals surface area contributed by atoms with E-state index < -0.39 is 0 Å². The first-order valence-corrected chi connectivity index (χ1v) is 8.07. The van der Waals surface area contributed by atoms with Gasteiger partial charge in [-0.15, -0.1) is 0 Å². The maximum atomic E-state index is 4.97. The van der Waals surface area contributed by atoms with Gasteiger partial charge >= 0.3 is 0 Å². The Hall–Kier alpha value is -1.35. The van der Waals surface area contributed by atoms with Crippen LogP contribution in [-0.2, 0) is 0 Å². The van der Waals surface area contributed by atoms with Crippen LogP contribution in [0.4, 0.5) is 0 Å². The van der Waals surface area contributed by atoms with Crippen molar-refractivity contribution in [3.05, 3.63) is 30.1 Å². The van der Waals surface area contributed by atoms with Gasteiger partial charge in [0, 0.05) is 6.04 Å². The van der Waals surface area contributed by atoms with Crippen molar-refractivity contribution in [3.8, 4) is 0 Å². The molecule has 1 aliphatic heterocycles. The zero-order valence-electron chi connectivity index (χ0n) is 12.2. The molecule has 0 spiro atoms. The van der Waals surface area contributed by atoms with Gasteiger partial charge in [-0.05, 0) is 50.3 Å². The number of benzene rings is 1. The molecule has 3 heteroatoms. The first-order valence-electron chi connectivity index (χ1n) is 8.07. The van der Waals surface area contributed by atoms with Crippen molar-refractivity contribution in [3.63, 3.8) is 0 Å². The number of nitrogens with one attached hydrogen (secondary N) is 1. The van der Waals surface area contributed by atoms with Crippen molar-refractivity contribution < 1.29 is 0 Å². The van der Waals surface area contributed by atoms with E-state index >= 15 is 0 Å². The Balaban J connectivity index is 1.76. The fourth-order valence-electron chi connectivity index (χ4n) is 3.59. The molecule has 2 fully saturated rings. The van der Waals surface area contributed by atoms with Crippen molar-refractivity contribution in [2.75, 3.05) is 6.54 Å². The van der Waals surface area contributed by atoms with Crippen molar-refractivity contribution in [2.24, 2.45) is 5.92 Å². The predicted molar refractivity (Wildman–Crippen MR) is 81.8 cm³/mol. The molecule has 0 radical (unpaired) electrons. The van der Waals surface area contributed by atoms with Crippen LogP contribution >= 0.6 is 0 Å². The Morgan fingerprint density at radius 3 is 2.90 bits per heavy atom. The van der Waals surface area contributed by atoms with Crippen LogP contribution in [0, 0.1) is 5.92 Å². The normalized spacial score (nSPS) is 27.1. The highest BCUT2D eigenvalue weighted by Gasteiger charge is 2.32. The van der Waals surface area contributed by atoms with Crippen LogP contribution in [0.2, 0.25) is 0 Å². The summed E-state index contributed by atoms with van der Waals surface area (Å²) in [4.78, 5) is 4.97. The maximum absolute atomic E-state index is 4.97. The first-order chi connectivity index (χ1) is 9.86. The van der Waals surface area contributed by atoms with Gasteiger partial charge in [0.2, 0.25) is 0 Å². The van der Waals surface area contributed by atoms with E-state index in [4.69, 9.17) is 4.98 Å². The van der Waals surface area contributed by atoms with E-state index in [0.29, 0.717) is 12.1 Å². The van der Waals surface area contributed by atoms with Crippen LogP contribution < -0.4 is 5.32 Å². The zero-order valence-corrected chi connectivity index (χ0v) is 12.2. The van der Waals surface area contributed by atoms with Crippen molar-refractivity contribution in [1.29, 1.82) is 0 Å². The van der Waals surface area contributed by atoms with Crippen LogP contribution in [-0.4, -0.2) is 16.1 Å². The standard InChI is InChI=1S/C17H23N3/c1-2-12-9-10-18-15(11-12)17-19-14-5-3-4-6-16(14)20(17)13-7-8-13/h3-6,12-13,15,18H,2,7-11H2,1H3. The predicted octanol–water partition coefficient (Wildman–Crippen LogP) is 3.82. The van der Waals surface area contributed by atoms with Gasteiger partial charge in [0.05, 0.1) is 17.1 Å². The van der Waals surface area contributed by atoms with E-state index in [2.05, 4.69) is 41.1 Å². The molecule has 2 unspecified atom stereocenters. The van der Waals surface area contributed by atoms with Gasteiger partial charge in [-0.3, -0.25) is 0 Å². The lowest BCUT2D eigenvalue weighted by Gasteiger charge is -2.29. The Labute approximate surface area is 120 Å². The summed E-state index contributed by atoms with van der Waals surface area (Å²) >= 11 is 0. The molecule has 20 heavy (non-hydrogen) atoms. The highest BCUT2D eigenvalue weighted by atomic mass is 15.2. The highest BCUT2D eigenvalue weighted by molar-refractivity contribution is 5.76. The Kier molecular flexibility index (Phi) is 3.03. The molecule has 2 heterocycles. The summed E-state index contributed by atoms with van der Waals surface area (Å²) in [5.74, 6) is 2.14. The molecule has 1 saturated heterocycles. The quantitative estimate of drug-likeness (QED) is 0.918. The van der Waals surface area contributed by atoms with Gasteiger partial charge in [-0.1, -0.05) is 25.5 Å². The summed E-state index contributed by atoms with van der Waals surface area (Å²) < 4.78 is 2.52.